The first-order valence-corrected chi connectivity index (χ1v) is 9.30. The molecule has 27 heavy (non-hydrogen) atoms. The summed E-state index contributed by atoms with van der Waals surface area (Å²) in [6.07, 6.45) is 5.12. The Labute approximate surface area is 163 Å². The van der Waals surface area contributed by atoms with E-state index in [1.54, 1.807) is 30.6 Å². The number of amides is 1. The Morgan fingerprint density at radius 1 is 1.04 bits per heavy atom. The van der Waals surface area contributed by atoms with Crippen LogP contribution in [0, 0.1) is 0 Å². The van der Waals surface area contributed by atoms with Crippen LogP contribution in [0.15, 0.2) is 53.7 Å². The van der Waals surface area contributed by atoms with E-state index in [1.807, 2.05) is 24.3 Å². The molecule has 132 valence electrons. The molecule has 0 radical (unpaired) electrons. The topological polar surface area (TPSA) is 64.6 Å². The number of aromatic nitrogens is 2. The third-order valence-corrected chi connectivity index (χ3v) is 5.50. The first-order chi connectivity index (χ1) is 13.2. The van der Waals surface area contributed by atoms with Crippen molar-refractivity contribution in [2.24, 2.45) is 0 Å². The van der Waals surface area contributed by atoms with E-state index in [1.165, 1.54) is 16.7 Å². The first-order valence-electron chi connectivity index (χ1n) is 8.07. The van der Waals surface area contributed by atoms with Crippen LogP contribution in [0.3, 0.4) is 0 Å². The number of thioether (sulfide) groups is 1. The van der Waals surface area contributed by atoms with Gasteiger partial charge in [0.2, 0.25) is 6.79 Å². The number of rotatable bonds is 2. The zero-order chi connectivity index (χ0) is 18.4. The van der Waals surface area contributed by atoms with Crippen molar-refractivity contribution < 1.29 is 14.3 Å². The van der Waals surface area contributed by atoms with Crippen LogP contribution in [0.5, 0.6) is 11.5 Å². The predicted octanol–water partition coefficient (Wildman–Crippen LogP) is 3.76. The maximum absolute atomic E-state index is 12.9. The molecule has 0 aliphatic carbocycles. The monoisotopic (exact) mass is 393 g/mol. The van der Waals surface area contributed by atoms with E-state index < -0.39 is 0 Å². The molecule has 0 saturated carbocycles. The Bertz CT molecular complexity index is 1150. The number of carbonyl (C=O) groups is 1. The van der Waals surface area contributed by atoms with Crippen molar-refractivity contribution in [3.8, 4) is 11.5 Å². The lowest BCUT2D eigenvalue weighted by Gasteiger charge is -2.14. The van der Waals surface area contributed by atoms with Gasteiger partial charge in [-0.1, -0.05) is 30.0 Å². The summed E-state index contributed by atoms with van der Waals surface area (Å²) in [4.78, 5) is 23.6. The van der Waals surface area contributed by atoms with Gasteiger partial charge in [-0.2, -0.15) is 0 Å². The minimum atomic E-state index is -0.164. The summed E-state index contributed by atoms with van der Waals surface area (Å²) in [6, 6.07) is 11.0. The van der Waals surface area contributed by atoms with Crippen molar-refractivity contribution in [2.75, 3.05) is 11.7 Å². The fraction of sp³-hybridized carbons (Fsp3) is 0.0526. The second-order valence-electron chi connectivity index (χ2n) is 5.86. The number of nitrogens with zero attached hydrogens (tertiary/aromatic N) is 3. The lowest BCUT2D eigenvalue weighted by molar-refractivity contribution is -0.113. The van der Waals surface area contributed by atoms with Crippen LogP contribution in [0.4, 0.5) is 5.69 Å². The van der Waals surface area contributed by atoms with Crippen molar-refractivity contribution in [2.45, 2.75) is 0 Å². The maximum atomic E-state index is 12.9. The number of hydrogen-bond donors (Lipinski definition) is 0. The molecular weight excluding hydrogens is 382 g/mol. The van der Waals surface area contributed by atoms with Crippen LogP contribution >= 0.6 is 24.0 Å². The number of ether oxygens (including phenoxy) is 2. The van der Waals surface area contributed by atoms with E-state index in [9.17, 15) is 4.79 Å². The summed E-state index contributed by atoms with van der Waals surface area (Å²) in [7, 11) is 0. The molecule has 1 fully saturated rings. The highest BCUT2D eigenvalue weighted by Gasteiger charge is 2.34. The zero-order valence-electron chi connectivity index (χ0n) is 13.8. The van der Waals surface area contributed by atoms with E-state index in [-0.39, 0.29) is 12.7 Å². The molecule has 3 heterocycles. The predicted molar refractivity (Wildman–Crippen MR) is 108 cm³/mol. The molecule has 1 amide bonds. The van der Waals surface area contributed by atoms with Crippen molar-refractivity contribution in [1.29, 1.82) is 0 Å². The second kappa shape index (κ2) is 6.33. The van der Waals surface area contributed by atoms with Crippen molar-refractivity contribution in [1.82, 2.24) is 9.97 Å². The lowest BCUT2D eigenvalue weighted by atomic mass is 10.1. The van der Waals surface area contributed by atoms with Gasteiger partial charge >= 0.3 is 0 Å². The molecule has 6 nitrogen and oxygen atoms in total. The normalized spacial score (nSPS) is 17.3. The van der Waals surface area contributed by atoms with Gasteiger partial charge in [0.25, 0.3) is 5.91 Å². The van der Waals surface area contributed by atoms with Gasteiger partial charge in [0, 0.05) is 18.5 Å². The van der Waals surface area contributed by atoms with Crippen LogP contribution in [0.25, 0.3) is 17.1 Å². The van der Waals surface area contributed by atoms with Crippen molar-refractivity contribution >= 4 is 57.0 Å². The molecule has 0 atom stereocenters. The van der Waals surface area contributed by atoms with Gasteiger partial charge in [-0.15, -0.1) is 0 Å². The quantitative estimate of drug-likeness (QED) is 0.485. The summed E-state index contributed by atoms with van der Waals surface area (Å²) in [5.41, 5.74) is 3.11. The van der Waals surface area contributed by atoms with E-state index >= 15 is 0 Å². The number of anilines is 1. The highest BCUT2D eigenvalue weighted by molar-refractivity contribution is 8.27. The summed E-state index contributed by atoms with van der Waals surface area (Å²) < 4.78 is 11.2. The van der Waals surface area contributed by atoms with Crippen LogP contribution in [0.1, 0.15) is 5.56 Å². The maximum Gasteiger partial charge on any atom is 0.270 e. The summed E-state index contributed by atoms with van der Waals surface area (Å²) in [5.74, 6) is 1.11. The fourth-order valence-corrected chi connectivity index (χ4v) is 4.24. The van der Waals surface area contributed by atoms with Crippen LogP contribution in [-0.2, 0) is 4.79 Å². The SMILES string of the molecule is O=C1/C(=C/c2ccc3nccnc3c2)SC(=S)N1c1ccc2c(c1)OCO2. The molecule has 2 aliphatic rings. The van der Waals surface area contributed by atoms with Crippen molar-refractivity contribution in [3.63, 3.8) is 0 Å². The molecule has 2 aromatic carbocycles. The number of benzene rings is 2. The van der Waals surface area contributed by atoms with Crippen molar-refractivity contribution in [3.05, 3.63) is 59.3 Å². The van der Waals surface area contributed by atoms with E-state index in [0.29, 0.717) is 26.4 Å². The van der Waals surface area contributed by atoms with Gasteiger partial charge in [-0.05, 0) is 35.9 Å². The Morgan fingerprint density at radius 3 is 2.74 bits per heavy atom. The number of fused-ring (bicyclic) bond motifs is 2. The third-order valence-electron chi connectivity index (χ3n) is 4.20. The first kappa shape index (κ1) is 16.2. The molecule has 0 N–H and O–H groups in total. The Kier molecular flexibility index (Phi) is 3.80. The smallest absolute Gasteiger partial charge is 0.270 e. The molecule has 5 rings (SSSR count). The van der Waals surface area contributed by atoms with Crippen LogP contribution in [-0.4, -0.2) is 27.0 Å². The third kappa shape index (κ3) is 2.83. The molecule has 0 spiro atoms. The largest absolute Gasteiger partial charge is 0.454 e. The molecule has 0 bridgehead atoms. The molecule has 1 aromatic heterocycles. The molecule has 0 unspecified atom stereocenters. The standard InChI is InChI=1S/C19H11N3O3S2/c23-18-17(8-11-1-3-13-14(7-11)21-6-5-20-13)27-19(26)22(18)12-2-4-15-16(9-12)25-10-24-15/h1-9H,10H2/b17-8-. The molecule has 3 aromatic rings. The Hall–Kier alpha value is -2.97. The molecular formula is C19H11N3O3S2. The van der Waals surface area contributed by atoms with E-state index in [2.05, 4.69) is 9.97 Å². The van der Waals surface area contributed by atoms with E-state index in [0.717, 1.165) is 16.6 Å². The highest BCUT2D eigenvalue weighted by atomic mass is 32.2. The number of hydrogen-bond acceptors (Lipinski definition) is 7. The molecule has 1 saturated heterocycles. The van der Waals surface area contributed by atoms with Crippen LogP contribution in [0.2, 0.25) is 0 Å². The minimum Gasteiger partial charge on any atom is -0.454 e. The van der Waals surface area contributed by atoms with Gasteiger partial charge in [0.05, 0.1) is 21.6 Å². The fourth-order valence-electron chi connectivity index (χ4n) is 2.94. The van der Waals surface area contributed by atoms with Gasteiger partial charge in [-0.25, -0.2) is 0 Å². The number of thiocarbonyl (C=S) groups is 1. The average Bonchev–Trinajstić information content (AvgIpc) is 3.25. The Morgan fingerprint density at radius 2 is 1.85 bits per heavy atom. The molecule has 2 aliphatic heterocycles. The van der Waals surface area contributed by atoms with Gasteiger partial charge in [0.1, 0.15) is 0 Å². The zero-order valence-corrected chi connectivity index (χ0v) is 15.4. The second-order valence-corrected chi connectivity index (χ2v) is 7.53. The minimum absolute atomic E-state index is 0.164. The summed E-state index contributed by atoms with van der Waals surface area (Å²) in [5, 5.41) is 0. The van der Waals surface area contributed by atoms with Gasteiger partial charge in [-0.3, -0.25) is 19.7 Å². The molecule has 8 heteroatoms. The van der Waals surface area contributed by atoms with E-state index in [4.69, 9.17) is 21.7 Å². The average molecular weight is 393 g/mol. The highest BCUT2D eigenvalue weighted by Crippen LogP contribution is 2.40. The van der Waals surface area contributed by atoms with Crippen LogP contribution < -0.4 is 14.4 Å². The number of carbonyl (C=O) groups excluding carboxylic acids is 1. The summed E-state index contributed by atoms with van der Waals surface area (Å²) in [6.45, 7) is 0.182. The lowest BCUT2D eigenvalue weighted by Crippen LogP contribution is -2.27. The van der Waals surface area contributed by atoms with Gasteiger partial charge < -0.3 is 9.47 Å². The Balaban J connectivity index is 1.48. The summed E-state index contributed by atoms with van der Waals surface area (Å²) >= 11 is 6.70. The van der Waals surface area contributed by atoms with Gasteiger partial charge in [0.15, 0.2) is 15.8 Å².